The minimum Gasteiger partial charge on any atom is -0.487 e. The Morgan fingerprint density at radius 3 is 2.49 bits per heavy atom. The van der Waals surface area contributed by atoms with Gasteiger partial charge in [0.05, 0.1) is 32.0 Å². The van der Waals surface area contributed by atoms with Crippen LogP contribution in [0.25, 0.3) is 11.8 Å². The van der Waals surface area contributed by atoms with Crippen molar-refractivity contribution in [1.29, 1.82) is 0 Å². The summed E-state index contributed by atoms with van der Waals surface area (Å²) in [5.74, 6) is -0.255. The quantitative estimate of drug-likeness (QED) is 0.0864. The Balaban J connectivity index is 1.55. The maximum absolute atomic E-state index is 14.4. The second-order valence-electron chi connectivity index (χ2n) is 10.4. The van der Waals surface area contributed by atoms with Crippen molar-refractivity contribution in [1.82, 2.24) is 4.57 Å². The van der Waals surface area contributed by atoms with Gasteiger partial charge >= 0.3 is 5.97 Å². The van der Waals surface area contributed by atoms with Gasteiger partial charge in [-0.05, 0) is 89.4 Å². The fourth-order valence-corrected chi connectivity index (χ4v) is 8.37. The molecule has 1 aromatic heterocycles. The molecule has 0 bridgehead atoms. The fourth-order valence-electron chi connectivity index (χ4n) is 5.26. The first-order valence-corrected chi connectivity index (χ1v) is 18.5. The highest BCUT2D eigenvalue weighted by Crippen LogP contribution is 2.36. The van der Waals surface area contributed by atoms with Crippen LogP contribution in [-0.4, -0.2) is 23.4 Å². The first-order valence-electron chi connectivity index (χ1n) is 14.6. The Morgan fingerprint density at radius 2 is 1.81 bits per heavy atom. The van der Waals surface area contributed by atoms with Gasteiger partial charge in [-0.2, -0.15) is 0 Å². The summed E-state index contributed by atoms with van der Waals surface area (Å²) in [4.78, 5) is 34.6. The molecule has 11 heteroatoms. The molecular formula is C36H27BrFIN2O4S2. The molecule has 2 heterocycles. The van der Waals surface area contributed by atoms with Crippen molar-refractivity contribution < 1.29 is 18.7 Å². The van der Waals surface area contributed by atoms with Crippen LogP contribution < -0.4 is 19.6 Å². The molecule has 5 aromatic rings. The number of hydrogen-bond acceptors (Lipinski definition) is 7. The summed E-state index contributed by atoms with van der Waals surface area (Å²) in [5, 5.41) is 0. The second-order valence-corrected chi connectivity index (χ2v) is 14.4. The van der Waals surface area contributed by atoms with Gasteiger partial charge in [-0.1, -0.05) is 81.9 Å². The van der Waals surface area contributed by atoms with Crippen LogP contribution in [0.15, 0.2) is 116 Å². The minimum atomic E-state index is -0.768. The first kappa shape index (κ1) is 33.4. The van der Waals surface area contributed by atoms with Crippen LogP contribution in [0.4, 0.5) is 4.39 Å². The number of thiazole rings is 1. The number of fused-ring (bicyclic) bond motifs is 1. The molecule has 1 atom stereocenters. The summed E-state index contributed by atoms with van der Waals surface area (Å²) in [5.41, 5.74) is 3.48. The molecule has 0 saturated heterocycles. The number of halogens is 3. The van der Waals surface area contributed by atoms with Gasteiger partial charge in [0.1, 0.15) is 18.2 Å². The van der Waals surface area contributed by atoms with E-state index in [1.54, 1.807) is 41.5 Å². The Kier molecular flexibility index (Phi) is 10.5. The molecule has 0 fully saturated rings. The third kappa shape index (κ3) is 7.18. The SMILES string of the molecule is CCOC(=O)C1=C(c2ccccc2)N=c2s/c(=C\c3cc(Br)cc(I)c3OCc3ccc(F)cc3)c(=O)n2[C@H]1c1ccc(SC)cc1. The van der Waals surface area contributed by atoms with E-state index in [1.165, 1.54) is 23.5 Å². The van der Waals surface area contributed by atoms with Crippen molar-refractivity contribution in [2.24, 2.45) is 4.99 Å². The molecule has 0 amide bonds. The van der Waals surface area contributed by atoms with E-state index in [0.717, 1.165) is 29.6 Å². The maximum atomic E-state index is 14.4. The second kappa shape index (κ2) is 14.7. The smallest absolute Gasteiger partial charge is 0.338 e. The third-order valence-electron chi connectivity index (χ3n) is 7.43. The lowest BCUT2D eigenvalue weighted by molar-refractivity contribution is -0.138. The van der Waals surface area contributed by atoms with Crippen LogP contribution in [0.1, 0.15) is 35.2 Å². The van der Waals surface area contributed by atoms with E-state index >= 15 is 0 Å². The summed E-state index contributed by atoms with van der Waals surface area (Å²) in [6, 6.07) is 26.5. The molecule has 6 rings (SSSR count). The van der Waals surface area contributed by atoms with Gasteiger partial charge in [0.25, 0.3) is 5.56 Å². The van der Waals surface area contributed by atoms with Crippen molar-refractivity contribution in [2.75, 3.05) is 12.9 Å². The number of ether oxygens (including phenoxy) is 2. The average Bonchev–Trinajstić information content (AvgIpc) is 3.38. The summed E-state index contributed by atoms with van der Waals surface area (Å²) >= 11 is 8.64. The number of nitrogens with zero attached hydrogens (tertiary/aromatic N) is 2. The normalized spacial score (nSPS) is 14.5. The van der Waals surface area contributed by atoms with Gasteiger partial charge in [0, 0.05) is 20.5 Å². The average molecular weight is 842 g/mol. The van der Waals surface area contributed by atoms with E-state index in [0.29, 0.717) is 31.9 Å². The highest BCUT2D eigenvalue weighted by Gasteiger charge is 2.35. The van der Waals surface area contributed by atoms with E-state index in [2.05, 4.69) is 38.5 Å². The molecule has 0 spiro atoms. The monoisotopic (exact) mass is 840 g/mol. The van der Waals surface area contributed by atoms with Gasteiger partial charge in [-0.3, -0.25) is 9.36 Å². The lowest BCUT2D eigenvalue weighted by Crippen LogP contribution is -2.40. The molecule has 238 valence electrons. The summed E-state index contributed by atoms with van der Waals surface area (Å²) < 4.78 is 29.0. The minimum absolute atomic E-state index is 0.176. The number of carbonyl (C=O) groups excluding carboxylic acids is 1. The topological polar surface area (TPSA) is 69.9 Å². The van der Waals surface area contributed by atoms with Crippen molar-refractivity contribution in [3.63, 3.8) is 0 Å². The first-order chi connectivity index (χ1) is 22.8. The predicted octanol–water partition coefficient (Wildman–Crippen LogP) is 7.74. The molecule has 6 nitrogen and oxygen atoms in total. The summed E-state index contributed by atoms with van der Waals surface area (Å²) in [6.07, 6.45) is 3.79. The molecule has 47 heavy (non-hydrogen) atoms. The van der Waals surface area contributed by atoms with Crippen LogP contribution in [0, 0.1) is 9.39 Å². The van der Waals surface area contributed by atoms with Crippen LogP contribution in [0.3, 0.4) is 0 Å². The number of carbonyl (C=O) groups is 1. The van der Waals surface area contributed by atoms with E-state index in [9.17, 15) is 14.0 Å². The molecular weight excluding hydrogens is 814 g/mol. The standard InChI is InChI=1S/C36H27BrFIN2O4S2/c1-3-44-35(43)30-31(22-7-5-4-6-8-22)40-36-41(32(30)23-11-15-27(46-2)16-12-23)34(42)29(47-36)18-24-17-25(37)19-28(39)33(24)45-20-21-9-13-26(38)14-10-21/h4-19,32H,3,20H2,1-2H3/b29-18-/t32-/m0/s1. The summed E-state index contributed by atoms with van der Waals surface area (Å²) in [6.45, 7) is 2.15. The van der Waals surface area contributed by atoms with Gasteiger partial charge in [0.2, 0.25) is 0 Å². The van der Waals surface area contributed by atoms with E-state index in [-0.39, 0.29) is 24.6 Å². The Bertz CT molecular complexity index is 2170. The number of aromatic nitrogens is 1. The van der Waals surface area contributed by atoms with Gasteiger partial charge in [-0.25, -0.2) is 14.2 Å². The fraction of sp³-hybridized carbons (Fsp3) is 0.139. The Hall–Kier alpha value is -3.52. The third-order valence-corrected chi connectivity index (χ3v) is 10.4. The van der Waals surface area contributed by atoms with Crippen molar-refractivity contribution in [3.05, 3.63) is 152 Å². The van der Waals surface area contributed by atoms with Crippen LogP contribution in [0.5, 0.6) is 5.75 Å². The predicted molar refractivity (Wildman–Crippen MR) is 197 cm³/mol. The maximum Gasteiger partial charge on any atom is 0.338 e. The van der Waals surface area contributed by atoms with E-state index in [4.69, 9.17) is 14.5 Å². The lowest BCUT2D eigenvalue weighted by Gasteiger charge is -2.26. The molecule has 0 aliphatic carbocycles. The Labute approximate surface area is 300 Å². The van der Waals surface area contributed by atoms with Gasteiger partial charge in [0.15, 0.2) is 4.80 Å². The number of esters is 1. The number of benzene rings is 4. The van der Waals surface area contributed by atoms with Crippen LogP contribution in [0.2, 0.25) is 0 Å². The molecule has 0 N–H and O–H groups in total. The van der Waals surface area contributed by atoms with Crippen LogP contribution in [-0.2, 0) is 16.1 Å². The molecule has 4 aromatic carbocycles. The Morgan fingerprint density at radius 1 is 1.09 bits per heavy atom. The molecule has 0 saturated carbocycles. The van der Waals surface area contributed by atoms with Crippen LogP contribution >= 0.6 is 61.6 Å². The number of rotatable bonds is 9. The zero-order valence-electron chi connectivity index (χ0n) is 25.2. The van der Waals surface area contributed by atoms with Gasteiger partial charge in [-0.15, -0.1) is 11.8 Å². The van der Waals surface area contributed by atoms with E-state index in [1.807, 2.05) is 73.0 Å². The lowest BCUT2D eigenvalue weighted by atomic mass is 9.93. The largest absolute Gasteiger partial charge is 0.487 e. The highest BCUT2D eigenvalue weighted by atomic mass is 127. The van der Waals surface area contributed by atoms with E-state index < -0.39 is 12.0 Å². The zero-order valence-corrected chi connectivity index (χ0v) is 30.6. The van der Waals surface area contributed by atoms with Gasteiger partial charge < -0.3 is 9.47 Å². The van der Waals surface area contributed by atoms with Crippen molar-refractivity contribution in [3.8, 4) is 5.75 Å². The molecule has 0 unspecified atom stereocenters. The molecule has 1 aliphatic rings. The highest BCUT2D eigenvalue weighted by molar-refractivity contribution is 14.1. The van der Waals surface area contributed by atoms with Crippen molar-refractivity contribution in [2.45, 2.75) is 24.5 Å². The number of hydrogen-bond donors (Lipinski definition) is 0. The summed E-state index contributed by atoms with van der Waals surface area (Å²) in [7, 11) is 0. The zero-order chi connectivity index (χ0) is 33.1. The molecule has 0 radical (unpaired) electrons. The van der Waals surface area contributed by atoms with Crippen molar-refractivity contribution >= 4 is 79.4 Å². The number of thioether (sulfide) groups is 1. The molecule has 1 aliphatic heterocycles.